The number of aromatic amines is 1. The van der Waals surface area contributed by atoms with Crippen molar-refractivity contribution in [3.8, 4) is 5.75 Å². The molecule has 3 atom stereocenters. The number of carbonyl (C=O) groups is 3. The number of benzene rings is 3. The number of aromatic nitrogens is 1. The molecule has 0 bridgehead atoms. The van der Waals surface area contributed by atoms with Crippen molar-refractivity contribution in [2.24, 2.45) is 5.92 Å². The molecule has 3 amide bonds. The van der Waals surface area contributed by atoms with Crippen molar-refractivity contribution in [2.45, 2.75) is 16.2 Å². The number of ether oxygens (including phenoxy) is 1. The third-order valence-electron chi connectivity index (χ3n) is 6.55. The van der Waals surface area contributed by atoms with Gasteiger partial charge >= 0.3 is 4.87 Å². The Morgan fingerprint density at radius 1 is 0.974 bits per heavy atom. The molecule has 0 aliphatic carbocycles. The lowest BCUT2D eigenvalue weighted by molar-refractivity contribution is -0.122. The molecular formula is C28H20ClN3O5S2. The summed E-state index contributed by atoms with van der Waals surface area (Å²) in [7, 11) is 0. The molecule has 3 unspecified atom stereocenters. The van der Waals surface area contributed by atoms with Gasteiger partial charge in [0.1, 0.15) is 11.0 Å². The van der Waals surface area contributed by atoms with E-state index in [1.807, 2.05) is 12.1 Å². The molecule has 0 saturated carbocycles. The molecule has 1 fully saturated rings. The molecular weight excluding hydrogens is 558 g/mol. The molecule has 2 aliphatic heterocycles. The largest absolute Gasteiger partial charge is 0.484 e. The molecule has 39 heavy (non-hydrogen) atoms. The topological polar surface area (TPSA) is 109 Å². The van der Waals surface area contributed by atoms with E-state index in [1.54, 1.807) is 66.7 Å². The lowest BCUT2D eigenvalue weighted by Crippen LogP contribution is -2.32. The van der Waals surface area contributed by atoms with Crippen LogP contribution in [0.5, 0.6) is 5.75 Å². The van der Waals surface area contributed by atoms with E-state index in [-0.39, 0.29) is 29.2 Å². The second kappa shape index (κ2) is 10.4. The zero-order valence-corrected chi connectivity index (χ0v) is 22.5. The summed E-state index contributed by atoms with van der Waals surface area (Å²) in [4.78, 5) is 56.5. The molecule has 2 aliphatic rings. The van der Waals surface area contributed by atoms with E-state index < -0.39 is 17.1 Å². The SMILES string of the molecule is O=C(COc1cccc(C2c3sc(=O)[nH]c3SC3C(=O)N(c4ccccc4)C(=O)C32)c1)Nc1ccc(Cl)cc1. The van der Waals surface area contributed by atoms with Crippen LogP contribution in [-0.4, -0.2) is 34.6 Å². The van der Waals surface area contributed by atoms with Crippen LogP contribution in [0.1, 0.15) is 16.4 Å². The van der Waals surface area contributed by atoms with E-state index in [9.17, 15) is 19.2 Å². The molecule has 196 valence electrons. The number of para-hydroxylation sites is 1. The number of nitrogens with one attached hydrogen (secondary N) is 2. The number of hydrogen-bond acceptors (Lipinski definition) is 7. The summed E-state index contributed by atoms with van der Waals surface area (Å²) in [6, 6.07) is 22.7. The number of thiazole rings is 1. The number of imide groups is 1. The smallest absolute Gasteiger partial charge is 0.305 e. The molecule has 4 aromatic rings. The van der Waals surface area contributed by atoms with Gasteiger partial charge in [0.2, 0.25) is 11.8 Å². The number of nitrogens with zero attached hydrogens (tertiary/aromatic N) is 1. The first-order chi connectivity index (χ1) is 18.9. The number of fused-ring (bicyclic) bond motifs is 2. The first-order valence-corrected chi connectivity index (χ1v) is 14.1. The maximum absolute atomic E-state index is 13.8. The van der Waals surface area contributed by atoms with Crippen LogP contribution in [0.25, 0.3) is 0 Å². The summed E-state index contributed by atoms with van der Waals surface area (Å²) in [5.41, 5.74) is 1.82. The molecule has 2 N–H and O–H groups in total. The minimum Gasteiger partial charge on any atom is -0.484 e. The Morgan fingerprint density at radius 3 is 2.51 bits per heavy atom. The number of thioether (sulfide) groups is 1. The maximum atomic E-state index is 13.8. The second-order valence-corrected chi connectivity index (χ2v) is 11.6. The fourth-order valence-corrected chi connectivity index (χ4v) is 7.53. The van der Waals surface area contributed by atoms with Crippen molar-refractivity contribution in [2.75, 3.05) is 16.8 Å². The van der Waals surface area contributed by atoms with Gasteiger partial charge in [0, 0.05) is 21.5 Å². The third-order valence-corrected chi connectivity index (χ3v) is 9.21. The molecule has 0 spiro atoms. The zero-order valence-electron chi connectivity index (χ0n) is 20.1. The lowest BCUT2D eigenvalue weighted by atomic mass is 9.83. The van der Waals surface area contributed by atoms with Gasteiger partial charge in [-0.15, -0.1) is 0 Å². The van der Waals surface area contributed by atoms with Crippen molar-refractivity contribution >= 4 is 63.8 Å². The van der Waals surface area contributed by atoms with Crippen LogP contribution in [0, 0.1) is 5.92 Å². The van der Waals surface area contributed by atoms with Crippen LogP contribution in [0.3, 0.4) is 0 Å². The van der Waals surface area contributed by atoms with Gasteiger partial charge in [0.25, 0.3) is 5.91 Å². The normalized spacial score (nSPS) is 19.9. The van der Waals surface area contributed by atoms with Crippen molar-refractivity contribution < 1.29 is 19.1 Å². The van der Waals surface area contributed by atoms with Crippen molar-refractivity contribution in [3.63, 3.8) is 0 Å². The average Bonchev–Trinajstić information content (AvgIpc) is 3.43. The Labute approximate surface area is 236 Å². The zero-order chi connectivity index (χ0) is 27.1. The molecule has 1 aromatic heterocycles. The Hall–Kier alpha value is -3.86. The van der Waals surface area contributed by atoms with E-state index in [2.05, 4.69) is 10.3 Å². The second-order valence-electron chi connectivity index (χ2n) is 9.01. The van der Waals surface area contributed by atoms with Crippen molar-refractivity contribution in [1.29, 1.82) is 0 Å². The van der Waals surface area contributed by atoms with Gasteiger partial charge in [-0.1, -0.05) is 65.0 Å². The minimum atomic E-state index is -0.704. The summed E-state index contributed by atoms with van der Waals surface area (Å²) in [5, 5.41) is 3.22. The highest BCUT2D eigenvalue weighted by molar-refractivity contribution is 8.00. The lowest BCUT2D eigenvalue weighted by Gasteiger charge is -2.30. The van der Waals surface area contributed by atoms with Gasteiger partial charge in [0.15, 0.2) is 6.61 Å². The molecule has 0 radical (unpaired) electrons. The van der Waals surface area contributed by atoms with Gasteiger partial charge in [-0.05, 0) is 54.1 Å². The quantitative estimate of drug-likeness (QED) is 0.316. The highest BCUT2D eigenvalue weighted by Gasteiger charge is 2.56. The number of H-pyrrole nitrogens is 1. The third kappa shape index (κ3) is 4.87. The molecule has 8 nitrogen and oxygen atoms in total. The number of rotatable bonds is 6. The predicted molar refractivity (Wildman–Crippen MR) is 151 cm³/mol. The maximum Gasteiger partial charge on any atom is 0.305 e. The highest BCUT2D eigenvalue weighted by atomic mass is 35.5. The fraction of sp³-hybridized carbons (Fsp3) is 0.143. The Bertz CT molecular complexity index is 1640. The number of hydrogen-bond donors (Lipinski definition) is 2. The van der Waals surface area contributed by atoms with Gasteiger partial charge in [0.05, 0.1) is 16.6 Å². The van der Waals surface area contributed by atoms with Crippen LogP contribution in [0.15, 0.2) is 88.7 Å². The van der Waals surface area contributed by atoms with E-state index in [1.165, 1.54) is 16.7 Å². The molecule has 3 aromatic carbocycles. The molecule has 11 heteroatoms. The highest BCUT2D eigenvalue weighted by Crippen LogP contribution is 2.53. The van der Waals surface area contributed by atoms with Crippen molar-refractivity contribution in [1.82, 2.24) is 4.98 Å². The van der Waals surface area contributed by atoms with Crippen LogP contribution in [-0.2, 0) is 14.4 Å². The first-order valence-electron chi connectivity index (χ1n) is 12.0. The Kier molecular flexibility index (Phi) is 6.76. The monoisotopic (exact) mass is 577 g/mol. The van der Waals surface area contributed by atoms with Crippen LogP contribution in [0.2, 0.25) is 5.02 Å². The van der Waals surface area contributed by atoms with Crippen molar-refractivity contribution in [3.05, 3.63) is 104 Å². The van der Waals surface area contributed by atoms with E-state index >= 15 is 0 Å². The summed E-state index contributed by atoms with van der Waals surface area (Å²) in [6.07, 6.45) is 0. The average molecular weight is 578 g/mol. The Morgan fingerprint density at radius 2 is 1.74 bits per heavy atom. The van der Waals surface area contributed by atoms with Gasteiger partial charge < -0.3 is 15.0 Å². The van der Waals surface area contributed by atoms with Gasteiger partial charge in [-0.2, -0.15) is 0 Å². The van der Waals surface area contributed by atoms with Gasteiger partial charge in [-0.3, -0.25) is 19.2 Å². The number of carbonyl (C=O) groups excluding carboxylic acids is 3. The fourth-order valence-electron chi connectivity index (χ4n) is 4.88. The Balaban J connectivity index is 1.28. The molecule has 3 heterocycles. The van der Waals surface area contributed by atoms with Crippen LogP contribution >= 0.6 is 34.7 Å². The number of anilines is 2. The van der Waals surface area contributed by atoms with Crippen LogP contribution in [0.4, 0.5) is 11.4 Å². The summed E-state index contributed by atoms with van der Waals surface area (Å²) >= 11 is 8.16. The minimum absolute atomic E-state index is 0.236. The summed E-state index contributed by atoms with van der Waals surface area (Å²) < 4.78 is 5.77. The standard InChI is InChI=1S/C28H20ClN3O5S2/c29-16-9-11-17(12-10-16)30-20(33)14-37-19-8-4-5-15(13-19)21-22-24(38-25-23(21)39-28(36)31-25)27(35)32(26(22)34)18-6-2-1-3-7-18/h1-13,21-22,24H,14H2,(H,30,33)(H,31,36). The van der Waals surface area contributed by atoms with E-state index in [0.717, 1.165) is 11.3 Å². The summed E-state index contributed by atoms with van der Waals surface area (Å²) in [5.74, 6) is -1.78. The van der Waals surface area contributed by atoms with Gasteiger partial charge in [-0.25, -0.2) is 4.90 Å². The number of halogens is 1. The van der Waals surface area contributed by atoms with E-state index in [4.69, 9.17) is 16.3 Å². The van der Waals surface area contributed by atoms with Crippen LogP contribution < -0.4 is 19.8 Å². The molecule has 6 rings (SSSR count). The predicted octanol–water partition coefficient (Wildman–Crippen LogP) is 4.90. The van der Waals surface area contributed by atoms with E-state index in [0.29, 0.717) is 37.6 Å². The molecule has 1 saturated heterocycles. The summed E-state index contributed by atoms with van der Waals surface area (Å²) in [6.45, 7) is -0.236. The number of amides is 3. The first kappa shape index (κ1) is 25.4.